The van der Waals surface area contributed by atoms with Crippen LogP contribution in [0.5, 0.6) is 0 Å². The van der Waals surface area contributed by atoms with Crippen LogP contribution < -0.4 is 5.56 Å². The Kier molecular flexibility index (Phi) is 1.03. The highest BCUT2D eigenvalue weighted by atomic mass is 19.2. The van der Waals surface area contributed by atoms with Crippen molar-refractivity contribution in [3.8, 4) is 0 Å². The Balaban J connectivity index is 3.05. The highest BCUT2D eigenvalue weighted by Crippen LogP contribution is 1.96. The Labute approximate surface area is 59.5 Å². The molecule has 56 valence electrons. The monoisotopic (exact) mass is 154 g/mol. The molecule has 0 aliphatic rings. The summed E-state index contributed by atoms with van der Waals surface area (Å²) >= 11 is 0. The van der Waals surface area contributed by atoms with Crippen LogP contribution in [0.15, 0.2) is 17.4 Å². The topological polar surface area (TPSA) is 63.6 Å². The highest BCUT2D eigenvalue weighted by molar-refractivity contribution is 5.67. The number of nitrogens with zero attached hydrogens (tertiary/aromatic N) is 3. The van der Waals surface area contributed by atoms with Crippen molar-refractivity contribution in [2.75, 3.05) is 0 Å². The zero-order chi connectivity index (χ0) is 7.84. The van der Waals surface area contributed by atoms with E-state index in [9.17, 15) is 9.28 Å². The predicted molar refractivity (Wildman–Crippen MR) is 34.7 cm³/mol. The molecule has 0 fully saturated rings. The SMILES string of the molecule is O=c1c2[nH]cnc2ncn1F. The van der Waals surface area contributed by atoms with E-state index >= 15 is 0 Å². The average molecular weight is 154 g/mol. The van der Waals surface area contributed by atoms with Gasteiger partial charge in [0.25, 0.3) is 0 Å². The summed E-state index contributed by atoms with van der Waals surface area (Å²) < 4.78 is 12.4. The van der Waals surface area contributed by atoms with E-state index < -0.39 is 5.56 Å². The van der Waals surface area contributed by atoms with Gasteiger partial charge in [-0.25, -0.2) is 9.97 Å². The van der Waals surface area contributed by atoms with Gasteiger partial charge in [-0.1, -0.05) is 4.48 Å². The molecular weight excluding hydrogens is 151 g/mol. The zero-order valence-corrected chi connectivity index (χ0v) is 5.28. The van der Waals surface area contributed by atoms with Gasteiger partial charge in [0.1, 0.15) is 6.33 Å². The Bertz CT molecular complexity index is 445. The largest absolute Gasteiger partial charge is 0.339 e. The normalized spacial score (nSPS) is 10.6. The molecule has 2 rings (SSSR count). The Morgan fingerprint density at radius 3 is 3.18 bits per heavy atom. The van der Waals surface area contributed by atoms with E-state index in [1.54, 1.807) is 0 Å². The fraction of sp³-hybridized carbons (Fsp3) is 0. The van der Waals surface area contributed by atoms with Crippen molar-refractivity contribution < 1.29 is 4.48 Å². The van der Waals surface area contributed by atoms with Gasteiger partial charge >= 0.3 is 5.56 Å². The molecular formula is C5H3FN4O. The van der Waals surface area contributed by atoms with Crippen molar-refractivity contribution in [3.05, 3.63) is 23.0 Å². The summed E-state index contributed by atoms with van der Waals surface area (Å²) in [6, 6.07) is 0. The van der Waals surface area contributed by atoms with Crippen molar-refractivity contribution in [1.29, 1.82) is 0 Å². The van der Waals surface area contributed by atoms with E-state index in [4.69, 9.17) is 0 Å². The van der Waals surface area contributed by atoms with Gasteiger partial charge in [-0.15, -0.1) is 4.79 Å². The molecule has 6 heteroatoms. The molecule has 0 amide bonds. The quantitative estimate of drug-likeness (QED) is 0.574. The third-order valence-corrected chi connectivity index (χ3v) is 1.31. The summed E-state index contributed by atoms with van der Waals surface area (Å²) in [6.07, 6.45) is 2.07. The Morgan fingerprint density at radius 2 is 2.36 bits per heavy atom. The summed E-state index contributed by atoms with van der Waals surface area (Å²) in [5.74, 6) is 0. The molecule has 5 nitrogen and oxygen atoms in total. The van der Waals surface area contributed by atoms with Gasteiger partial charge in [0, 0.05) is 0 Å². The van der Waals surface area contributed by atoms with Crippen LogP contribution in [-0.4, -0.2) is 19.7 Å². The number of hydrogen-bond acceptors (Lipinski definition) is 3. The minimum Gasteiger partial charge on any atom is -0.339 e. The summed E-state index contributed by atoms with van der Waals surface area (Å²) in [6.45, 7) is 0. The van der Waals surface area contributed by atoms with E-state index in [1.165, 1.54) is 6.33 Å². The van der Waals surface area contributed by atoms with Gasteiger partial charge in [0.05, 0.1) is 6.33 Å². The molecule has 0 radical (unpaired) electrons. The third-order valence-electron chi connectivity index (χ3n) is 1.31. The van der Waals surface area contributed by atoms with Crippen LogP contribution in [0.25, 0.3) is 11.2 Å². The van der Waals surface area contributed by atoms with Crippen LogP contribution in [-0.2, 0) is 0 Å². The molecule has 0 unspecified atom stereocenters. The van der Waals surface area contributed by atoms with Crippen LogP contribution in [0.2, 0.25) is 0 Å². The molecule has 2 aromatic heterocycles. The lowest BCUT2D eigenvalue weighted by atomic mass is 10.5. The third kappa shape index (κ3) is 0.721. The van der Waals surface area contributed by atoms with Gasteiger partial charge in [-0.2, -0.15) is 0 Å². The number of hydrogen-bond donors (Lipinski definition) is 1. The van der Waals surface area contributed by atoms with E-state index in [0.717, 1.165) is 6.33 Å². The summed E-state index contributed by atoms with van der Waals surface area (Å²) in [5.41, 5.74) is -0.466. The molecule has 0 aromatic carbocycles. The van der Waals surface area contributed by atoms with E-state index in [-0.39, 0.29) is 16.0 Å². The van der Waals surface area contributed by atoms with E-state index in [2.05, 4.69) is 15.0 Å². The number of aromatic nitrogens is 4. The maximum absolute atomic E-state index is 12.4. The standard InChI is InChI=1S/C5H3FN4O/c6-10-2-9-4-3(5(10)11)7-1-8-4/h1-2H,(H,7,8). The molecule has 11 heavy (non-hydrogen) atoms. The number of imidazole rings is 1. The van der Waals surface area contributed by atoms with Crippen LogP contribution in [0, 0.1) is 0 Å². The van der Waals surface area contributed by atoms with Gasteiger partial charge in [0.15, 0.2) is 11.2 Å². The van der Waals surface area contributed by atoms with Gasteiger partial charge < -0.3 is 4.98 Å². The van der Waals surface area contributed by atoms with Crippen LogP contribution in [0.3, 0.4) is 0 Å². The molecule has 0 saturated heterocycles. The number of aromatic amines is 1. The van der Waals surface area contributed by atoms with Crippen molar-refractivity contribution in [2.24, 2.45) is 0 Å². The first-order chi connectivity index (χ1) is 5.29. The number of nitrogens with one attached hydrogen (secondary N) is 1. The number of rotatable bonds is 0. The second kappa shape index (κ2) is 1.88. The van der Waals surface area contributed by atoms with Gasteiger partial charge in [-0.05, 0) is 0 Å². The smallest absolute Gasteiger partial charge is 0.307 e. The average Bonchev–Trinajstić information content (AvgIpc) is 2.45. The summed E-state index contributed by atoms with van der Waals surface area (Å²) in [7, 11) is 0. The predicted octanol–water partition coefficient (Wildman–Crippen LogP) is -0.148. The van der Waals surface area contributed by atoms with Crippen molar-refractivity contribution >= 4 is 11.2 Å². The molecule has 0 saturated carbocycles. The first-order valence-corrected chi connectivity index (χ1v) is 2.86. The lowest BCUT2D eigenvalue weighted by Gasteiger charge is -1.87. The first kappa shape index (κ1) is 6.02. The second-order valence-electron chi connectivity index (χ2n) is 1.96. The lowest BCUT2D eigenvalue weighted by Crippen LogP contribution is -2.13. The maximum Gasteiger partial charge on any atom is 0.307 e. The highest BCUT2D eigenvalue weighted by Gasteiger charge is 2.03. The number of fused-ring (bicyclic) bond motifs is 1. The number of halogens is 1. The molecule has 2 aromatic rings. The summed E-state index contributed by atoms with van der Waals surface area (Å²) in [4.78, 5) is 20.5. The molecule has 0 atom stereocenters. The van der Waals surface area contributed by atoms with Crippen LogP contribution >= 0.6 is 0 Å². The Morgan fingerprint density at radius 1 is 1.55 bits per heavy atom. The molecule has 0 bridgehead atoms. The van der Waals surface area contributed by atoms with Crippen LogP contribution in [0.4, 0.5) is 4.48 Å². The van der Waals surface area contributed by atoms with E-state index in [0.29, 0.717) is 0 Å². The molecule has 0 aliphatic heterocycles. The Hall–Kier alpha value is -1.72. The molecule has 0 spiro atoms. The summed E-state index contributed by atoms with van der Waals surface area (Å²) in [5, 5.41) is 0. The van der Waals surface area contributed by atoms with Crippen molar-refractivity contribution in [2.45, 2.75) is 0 Å². The zero-order valence-electron chi connectivity index (χ0n) is 5.28. The van der Waals surface area contributed by atoms with E-state index in [1.807, 2.05) is 0 Å². The lowest BCUT2D eigenvalue weighted by molar-refractivity contribution is 0.349. The van der Waals surface area contributed by atoms with Crippen molar-refractivity contribution in [1.82, 2.24) is 19.7 Å². The van der Waals surface area contributed by atoms with Crippen molar-refractivity contribution in [3.63, 3.8) is 0 Å². The minimum atomic E-state index is -0.771. The maximum atomic E-state index is 12.4. The molecule has 1 N–H and O–H groups in total. The van der Waals surface area contributed by atoms with Gasteiger partial charge in [-0.3, -0.25) is 4.79 Å². The molecule has 0 aliphatic carbocycles. The number of H-pyrrole nitrogens is 1. The first-order valence-electron chi connectivity index (χ1n) is 2.86. The minimum absolute atomic E-state index is 0.0787. The fourth-order valence-electron chi connectivity index (χ4n) is 0.807. The van der Waals surface area contributed by atoms with Gasteiger partial charge in [0.2, 0.25) is 0 Å². The van der Waals surface area contributed by atoms with Crippen LogP contribution in [0.1, 0.15) is 0 Å². The molecule has 2 heterocycles. The fourth-order valence-corrected chi connectivity index (χ4v) is 0.807. The second-order valence-corrected chi connectivity index (χ2v) is 1.96.